The summed E-state index contributed by atoms with van der Waals surface area (Å²) in [5.41, 5.74) is -0.719. The van der Waals surface area contributed by atoms with Crippen molar-refractivity contribution in [3.63, 3.8) is 0 Å². The van der Waals surface area contributed by atoms with Crippen LogP contribution in [-0.2, 0) is 4.79 Å². The standard InChI is InChI=1S/C14H18N2O4S/c1-10(2)14(18)8-15(9-14)13(17)7-21-12-5-3-11(4-6-12)16(19)20/h3-6,10,18H,7-9H2,1-2H3. The Balaban J connectivity index is 1.81. The first-order chi connectivity index (χ1) is 9.82. The number of hydrogen-bond acceptors (Lipinski definition) is 5. The van der Waals surface area contributed by atoms with E-state index in [2.05, 4.69) is 0 Å². The van der Waals surface area contributed by atoms with Crippen LogP contribution in [0, 0.1) is 16.0 Å². The van der Waals surface area contributed by atoms with E-state index in [9.17, 15) is 20.0 Å². The van der Waals surface area contributed by atoms with Crippen LogP contribution < -0.4 is 0 Å². The minimum absolute atomic E-state index is 0.0244. The summed E-state index contributed by atoms with van der Waals surface area (Å²) in [5, 5.41) is 20.7. The first-order valence-electron chi connectivity index (χ1n) is 6.69. The van der Waals surface area contributed by atoms with Crippen LogP contribution >= 0.6 is 11.8 Å². The van der Waals surface area contributed by atoms with Gasteiger partial charge < -0.3 is 10.0 Å². The minimum Gasteiger partial charge on any atom is -0.386 e. The number of benzene rings is 1. The van der Waals surface area contributed by atoms with Gasteiger partial charge >= 0.3 is 0 Å². The summed E-state index contributed by atoms with van der Waals surface area (Å²) in [7, 11) is 0. The lowest BCUT2D eigenvalue weighted by Gasteiger charge is -2.49. The lowest BCUT2D eigenvalue weighted by Crippen LogP contribution is -2.66. The number of rotatable bonds is 5. The summed E-state index contributed by atoms with van der Waals surface area (Å²) in [6.45, 7) is 4.63. The Kier molecular flexibility index (Phi) is 4.53. The van der Waals surface area contributed by atoms with Gasteiger partial charge in [0.2, 0.25) is 5.91 Å². The molecule has 1 amide bonds. The second-order valence-electron chi connectivity index (χ2n) is 5.55. The third kappa shape index (κ3) is 3.54. The maximum atomic E-state index is 12.0. The number of likely N-dealkylation sites (tertiary alicyclic amines) is 1. The molecule has 6 nitrogen and oxygen atoms in total. The number of aliphatic hydroxyl groups is 1. The number of nitro groups is 1. The van der Waals surface area contributed by atoms with Crippen molar-refractivity contribution in [3.05, 3.63) is 34.4 Å². The van der Waals surface area contributed by atoms with Crippen molar-refractivity contribution in [1.82, 2.24) is 4.90 Å². The zero-order valence-corrected chi connectivity index (χ0v) is 12.8. The molecule has 0 radical (unpaired) electrons. The number of nitrogens with zero attached hydrogens (tertiary/aromatic N) is 2. The lowest BCUT2D eigenvalue weighted by molar-refractivity contribution is -0.384. The van der Waals surface area contributed by atoms with Gasteiger partial charge in [0.05, 0.1) is 23.8 Å². The van der Waals surface area contributed by atoms with Gasteiger partial charge in [0.25, 0.3) is 5.69 Å². The lowest BCUT2D eigenvalue weighted by atomic mass is 9.83. The van der Waals surface area contributed by atoms with Crippen molar-refractivity contribution >= 4 is 23.4 Å². The number of non-ortho nitro benzene ring substituents is 1. The Morgan fingerprint density at radius 2 is 2.00 bits per heavy atom. The zero-order chi connectivity index (χ0) is 15.6. The van der Waals surface area contributed by atoms with Crippen molar-refractivity contribution in [1.29, 1.82) is 0 Å². The van der Waals surface area contributed by atoms with E-state index < -0.39 is 10.5 Å². The second-order valence-corrected chi connectivity index (χ2v) is 6.60. The van der Waals surface area contributed by atoms with Crippen LogP contribution in [0.5, 0.6) is 0 Å². The molecule has 1 aromatic rings. The van der Waals surface area contributed by atoms with Gasteiger partial charge in [-0.15, -0.1) is 11.8 Å². The molecule has 7 heteroatoms. The van der Waals surface area contributed by atoms with E-state index in [-0.39, 0.29) is 23.3 Å². The average Bonchev–Trinajstić information content (AvgIpc) is 2.41. The Labute approximate surface area is 127 Å². The average molecular weight is 310 g/mol. The van der Waals surface area contributed by atoms with Gasteiger partial charge in [-0.2, -0.15) is 0 Å². The molecule has 0 aromatic heterocycles. The van der Waals surface area contributed by atoms with Crippen LogP contribution in [0.2, 0.25) is 0 Å². The molecule has 1 fully saturated rings. The Hall–Kier alpha value is -1.60. The van der Waals surface area contributed by atoms with E-state index >= 15 is 0 Å². The maximum Gasteiger partial charge on any atom is 0.269 e. The molecule has 21 heavy (non-hydrogen) atoms. The fourth-order valence-electron chi connectivity index (χ4n) is 2.06. The van der Waals surface area contributed by atoms with Crippen LogP contribution in [0.1, 0.15) is 13.8 Å². The largest absolute Gasteiger partial charge is 0.386 e. The van der Waals surface area contributed by atoms with E-state index in [0.717, 1.165) is 4.90 Å². The summed E-state index contributed by atoms with van der Waals surface area (Å²) in [5.74, 6) is 0.374. The highest BCUT2D eigenvalue weighted by Crippen LogP contribution is 2.30. The molecule has 1 saturated heterocycles. The molecule has 1 aromatic carbocycles. The van der Waals surface area contributed by atoms with Crippen LogP contribution in [0.3, 0.4) is 0 Å². The van der Waals surface area contributed by atoms with Crippen LogP contribution in [-0.4, -0.2) is 45.3 Å². The first kappa shape index (κ1) is 15.8. The highest BCUT2D eigenvalue weighted by Gasteiger charge is 2.45. The predicted octanol–water partition coefficient (Wildman–Crippen LogP) is 1.92. The second kappa shape index (κ2) is 6.03. The summed E-state index contributed by atoms with van der Waals surface area (Å²) in [6.07, 6.45) is 0. The van der Waals surface area contributed by atoms with Gasteiger partial charge in [-0.1, -0.05) is 13.8 Å². The Morgan fingerprint density at radius 3 is 2.48 bits per heavy atom. The number of thioether (sulfide) groups is 1. The predicted molar refractivity (Wildman–Crippen MR) is 80.2 cm³/mol. The van der Waals surface area contributed by atoms with Gasteiger partial charge in [0.15, 0.2) is 0 Å². The van der Waals surface area contributed by atoms with Gasteiger partial charge in [0, 0.05) is 17.0 Å². The molecule has 1 aliphatic heterocycles. The molecule has 114 valence electrons. The van der Waals surface area contributed by atoms with Crippen molar-refractivity contribution < 1.29 is 14.8 Å². The van der Waals surface area contributed by atoms with Gasteiger partial charge in [-0.05, 0) is 18.1 Å². The molecule has 0 atom stereocenters. The van der Waals surface area contributed by atoms with Crippen molar-refractivity contribution in [2.24, 2.45) is 5.92 Å². The van der Waals surface area contributed by atoms with Crippen LogP contribution in [0.15, 0.2) is 29.2 Å². The van der Waals surface area contributed by atoms with Crippen LogP contribution in [0.4, 0.5) is 5.69 Å². The highest BCUT2D eigenvalue weighted by molar-refractivity contribution is 8.00. The molecule has 1 N–H and O–H groups in total. The monoisotopic (exact) mass is 310 g/mol. The van der Waals surface area contributed by atoms with Gasteiger partial charge in [-0.25, -0.2) is 0 Å². The summed E-state index contributed by atoms with van der Waals surface area (Å²) >= 11 is 1.34. The van der Waals surface area contributed by atoms with E-state index in [4.69, 9.17) is 0 Å². The first-order valence-corrected chi connectivity index (χ1v) is 7.68. The normalized spacial score (nSPS) is 16.7. The molecule has 1 aliphatic rings. The van der Waals surface area contributed by atoms with Crippen molar-refractivity contribution in [2.45, 2.75) is 24.3 Å². The molecule has 0 spiro atoms. The molecule has 2 rings (SSSR count). The summed E-state index contributed by atoms with van der Waals surface area (Å²) in [6, 6.07) is 6.12. The SMILES string of the molecule is CC(C)C1(O)CN(C(=O)CSc2ccc([N+](=O)[O-])cc2)C1. The van der Waals surface area contributed by atoms with E-state index in [1.54, 1.807) is 17.0 Å². The summed E-state index contributed by atoms with van der Waals surface area (Å²) < 4.78 is 0. The number of hydrogen-bond donors (Lipinski definition) is 1. The fraction of sp³-hybridized carbons (Fsp3) is 0.500. The third-order valence-electron chi connectivity index (χ3n) is 3.77. The van der Waals surface area contributed by atoms with E-state index in [0.29, 0.717) is 13.1 Å². The van der Waals surface area contributed by atoms with E-state index in [1.165, 1.54) is 23.9 Å². The number of amides is 1. The molecule has 0 saturated carbocycles. The Morgan fingerprint density at radius 1 is 1.43 bits per heavy atom. The zero-order valence-electron chi connectivity index (χ0n) is 12.0. The number of carbonyl (C=O) groups is 1. The maximum absolute atomic E-state index is 12.0. The van der Waals surface area contributed by atoms with Crippen LogP contribution in [0.25, 0.3) is 0 Å². The molecule has 1 heterocycles. The molecular formula is C14H18N2O4S. The molecule has 0 bridgehead atoms. The summed E-state index contributed by atoms with van der Waals surface area (Å²) in [4.78, 5) is 24.5. The molecule has 0 aliphatic carbocycles. The topological polar surface area (TPSA) is 83.7 Å². The number of nitro benzene ring substituents is 1. The van der Waals surface area contributed by atoms with E-state index in [1.807, 2.05) is 13.8 Å². The molecular weight excluding hydrogens is 292 g/mol. The quantitative estimate of drug-likeness (QED) is 0.510. The van der Waals surface area contributed by atoms with Crippen molar-refractivity contribution in [2.75, 3.05) is 18.8 Å². The highest BCUT2D eigenvalue weighted by atomic mass is 32.2. The van der Waals surface area contributed by atoms with Crippen molar-refractivity contribution in [3.8, 4) is 0 Å². The fourth-order valence-corrected chi connectivity index (χ4v) is 2.86. The Bertz CT molecular complexity index is 538. The van der Waals surface area contributed by atoms with Gasteiger partial charge in [0.1, 0.15) is 5.60 Å². The number of β-amino-alcohol motifs (C(OH)–C–C–N with tert-alkyl or cyclic N) is 1. The smallest absolute Gasteiger partial charge is 0.269 e. The molecule has 0 unspecified atom stereocenters. The van der Waals surface area contributed by atoms with Gasteiger partial charge in [-0.3, -0.25) is 14.9 Å². The minimum atomic E-state index is -0.756. The third-order valence-corrected chi connectivity index (χ3v) is 4.76. The number of carbonyl (C=O) groups excluding carboxylic acids is 1.